The summed E-state index contributed by atoms with van der Waals surface area (Å²) in [6.45, 7) is 0.873. The smallest absolute Gasteiger partial charge is 0.379 e. The maximum atomic E-state index is 12.9. The van der Waals surface area contributed by atoms with Crippen molar-refractivity contribution in [3.05, 3.63) is 52.4 Å². The van der Waals surface area contributed by atoms with Gasteiger partial charge in [0.25, 0.3) is 5.56 Å². The number of halogens is 3. The number of aromatic amines is 1. The average molecular weight is 446 g/mol. The second-order valence-corrected chi connectivity index (χ2v) is 7.81. The molecule has 2 aromatic heterocycles. The van der Waals surface area contributed by atoms with E-state index in [0.29, 0.717) is 24.2 Å². The standard InChI is InChI=1S/C21H21F3N6O2/c22-21(23,24)17(26)13-2-4-14(5-3-13)28-18-16-15(6-10-27-19(16)31)30(29-18)20(8-9-25)7-1-11-32-12-20/h2-6,10,17H,1,7-8,11-12,26H2,(H,27,31)(H,28,29). The van der Waals surface area contributed by atoms with Crippen molar-refractivity contribution in [2.24, 2.45) is 5.73 Å². The lowest BCUT2D eigenvalue weighted by Gasteiger charge is -2.35. The normalized spacial score (nSPS) is 20.1. The predicted octanol–water partition coefficient (Wildman–Crippen LogP) is 3.45. The number of nitrogens with zero attached hydrogens (tertiary/aromatic N) is 3. The first-order valence-corrected chi connectivity index (χ1v) is 10.00. The van der Waals surface area contributed by atoms with Crippen LogP contribution in [0.3, 0.4) is 0 Å². The highest BCUT2D eigenvalue weighted by Gasteiger charge is 2.39. The molecule has 0 aliphatic carbocycles. The highest BCUT2D eigenvalue weighted by molar-refractivity contribution is 5.91. The highest BCUT2D eigenvalue weighted by Crippen LogP contribution is 2.36. The second kappa shape index (κ2) is 8.29. The van der Waals surface area contributed by atoms with Gasteiger partial charge in [-0.2, -0.15) is 23.5 Å². The van der Waals surface area contributed by atoms with Crippen LogP contribution in [0.5, 0.6) is 0 Å². The van der Waals surface area contributed by atoms with E-state index in [2.05, 4.69) is 21.5 Å². The maximum Gasteiger partial charge on any atom is 0.407 e. The monoisotopic (exact) mass is 446 g/mol. The summed E-state index contributed by atoms with van der Waals surface area (Å²) in [6, 6.07) is 7.24. The number of nitrogens with one attached hydrogen (secondary N) is 2. The molecule has 2 atom stereocenters. The molecule has 0 amide bonds. The number of nitriles is 1. The lowest BCUT2D eigenvalue weighted by Crippen LogP contribution is -2.42. The van der Waals surface area contributed by atoms with E-state index in [-0.39, 0.29) is 35.4 Å². The molecule has 0 bridgehead atoms. The van der Waals surface area contributed by atoms with E-state index in [4.69, 9.17) is 10.5 Å². The average Bonchev–Trinajstić information content (AvgIpc) is 3.14. The first kappa shape index (κ1) is 21.9. The van der Waals surface area contributed by atoms with Crippen LogP contribution in [0, 0.1) is 11.3 Å². The Morgan fingerprint density at radius 1 is 1.34 bits per heavy atom. The van der Waals surface area contributed by atoms with Gasteiger partial charge in [-0.1, -0.05) is 12.1 Å². The van der Waals surface area contributed by atoms with Gasteiger partial charge in [0, 0.05) is 18.5 Å². The number of hydrogen-bond acceptors (Lipinski definition) is 6. The zero-order valence-electron chi connectivity index (χ0n) is 16.9. The molecule has 0 saturated carbocycles. The predicted molar refractivity (Wildman–Crippen MR) is 111 cm³/mol. The van der Waals surface area contributed by atoms with Crippen molar-refractivity contribution in [3.8, 4) is 6.07 Å². The molecule has 1 aliphatic rings. The molecule has 168 valence electrons. The number of alkyl halides is 3. The first-order valence-electron chi connectivity index (χ1n) is 10.00. The Bertz CT molecular complexity index is 1200. The largest absolute Gasteiger partial charge is 0.407 e. The summed E-state index contributed by atoms with van der Waals surface area (Å²) in [5.74, 6) is 0.234. The molecule has 1 saturated heterocycles. The van der Waals surface area contributed by atoms with Crippen LogP contribution in [0.15, 0.2) is 41.3 Å². The summed E-state index contributed by atoms with van der Waals surface area (Å²) in [5, 5.41) is 17.3. The molecular weight excluding hydrogens is 425 g/mol. The van der Waals surface area contributed by atoms with Crippen LogP contribution >= 0.6 is 0 Å². The maximum absolute atomic E-state index is 12.9. The van der Waals surface area contributed by atoms with Crippen LogP contribution < -0.4 is 16.6 Å². The molecule has 3 aromatic rings. The molecule has 0 spiro atoms. The third kappa shape index (κ3) is 3.94. The lowest BCUT2D eigenvalue weighted by atomic mass is 9.89. The Labute approximate surface area is 180 Å². The summed E-state index contributed by atoms with van der Waals surface area (Å²) in [6.07, 6.45) is -1.48. The zero-order chi connectivity index (χ0) is 22.9. The number of rotatable bonds is 5. The summed E-state index contributed by atoms with van der Waals surface area (Å²) in [7, 11) is 0. The highest BCUT2D eigenvalue weighted by atomic mass is 19.4. The Morgan fingerprint density at radius 2 is 2.09 bits per heavy atom. The number of fused-ring (bicyclic) bond motifs is 1. The SMILES string of the molecule is N#CCC1(n2nc(Nc3ccc(C(N)C(F)(F)F)cc3)c3c(=O)[nH]ccc32)CCCOC1. The number of nitrogens with two attached hydrogens (primary N) is 1. The van der Waals surface area contributed by atoms with E-state index in [9.17, 15) is 23.2 Å². The number of hydrogen-bond donors (Lipinski definition) is 3. The van der Waals surface area contributed by atoms with E-state index in [1.807, 2.05) is 0 Å². The Balaban J connectivity index is 1.74. The number of H-pyrrole nitrogens is 1. The van der Waals surface area contributed by atoms with Crippen molar-refractivity contribution in [1.82, 2.24) is 14.8 Å². The molecular formula is C21H21F3N6O2. The minimum absolute atomic E-state index is 0.0800. The third-order valence-electron chi connectivity index (χ3n) is 5.65. The Morgan fingerprint density at radius 3 is 2.72 bits per heavy atom. The molecule has 2 unspecified atom stereocenters. The van der Waals surface area contributed by atoms with Gasteiger partial charge < -0.3 is 20.8 Å². The fraction of sp³-hybridized carbons (Fsp3) is 0.381. The molecule has 8 nitrogen and oxygen atoms in total. The summed E-state index contributed by atoms with van der Waals surface area (Å²) in [4.78, 5) is 15.2. The van der Waals surface area contributed by atoms with Gasteiger partial charge in [0.05, 0.1) is 30.2 Å². The van der Waals surface area contributed by atoms with Gasteiger partial charge in [0.1, 0.15) is 11.4 Å². The second-order valence-electron chi connectivity index (χ2n) is 7.81. The van der Waals surface area contributed by atoms with E-state index in [1.54, 1.807) is 10.7 Å². The van der Waals surface area contributed by atoms with Crippen LogP contribution in [-0.2, 0) is 10.3 Å². The fourth-order valence-electron chi connectivity index (χ4n) is 3.99. The molecule has 32 heavy (non-hydrogen) atoms. The number of aromatic nitrogens is 3. The van der Waals surface area contributed by atoms with Crippen LogP contribution in [0.2, 0.25) is 0 Å². The van der Waals surface area contributed by atoms with Crippen molar-refractivity contribution in [3.63, 3.8) is 0 Å². The van der Waals surface area contributed by atoms with Gasteiger partial charge in [-0.15, -0.1) is 0 Å². The quantitative estimate of drug-likeness (QED) is 0.552. The fourth-order valence-corrected chi connectivity index (χ4v) is 3.99. The van der Waals surface area contributed by atoms with Crippen molar-refractivity contribution >= 4 is 22.4 Å². The van der Waals surface area contributed by atoms with E-state index >= 15 is 0 Å². The topological polar surface area (TPSA) is 122 Å². The third-order valence-corrected chi connectivity index (χ3v) is 5.65. The van der Waals surface area contributed by atoms with Gasteiger partial charge in [0.2, 0.25) is 0 Å². The molecule has 1 aliphatic heterocycles. The van der Waals surface area contributed by atoms with Crippen LogP contribution in [-0.4, -0.2) is 34.2 Å². The van der Waals surface area contributed by atoms with Crippen molar-refractivity contribution < 1.29 is 17.9 Å². The summed E-state index contributed by atoms with van der Waals surface area (Å²) in [5.41, 5.74) is 5.05. The van der Waals surface area contributed by atoms with E-state index < -0.39 is 17.8 Å². The van der Waals surface area contributed by atoms with Gasteiger partial charge >= 0.3 is 6.18 Å². The molecule has 4 rings (SSSR count). The minimum Gasteiger partial charge on any atom is -0.379 e. The molecule has 1 fully saturated rings. The molecule has 0 radical (unpaired) electrons. The summed E-state index contributed by atoms with van der Waals surface area (Å²) >= 11 is 0. The minimum atomic E-state index is -4.55. The summed E-state index contributed by atoms with van der Waals surface area (Å²) < 4.78 is 45.9. The van der Waals surface area contributed by atoms with E-state index in [0.717, 1.165) is 6.42 Å². The molecule has 1 aromatic carbocycles. The number of pyridine rings is 1. The van der Waals surface area contributed by atoms with Gasteiger partial charge in [0.15, 0.2) is 5.82 Å². The van der Waals surface area contributed by atoms with Crippen molar-refractivity contribution in [1.29, 1.82) is 5.26 Å². The van der Waals surface area contributed by atoms with Crippen molar-refractivity contribution in [2.45, 2.75) is 37.0 Å². The lowest BCUT2D eigenvalue weighted by molar-refractivity contribution is -0.149. The van der Waals surface area contributed by atoms with E-state index in [1.165, 1.54) is 30.5 Å². The number of benzene rings is 1. The first-order chi connectivity index (χ1) is 15.2. The van der Waals surface area contributed by atoms with Crippen LogP contribution in [0.1, 0.15) is 30.9 Å². The van der Waals surface area contributed by atoms with Crippen LogP contribution in [0.4, 0.5) is 24.7 Å². The Hall–Kier alpha value is -3.36. The van der Waals surface area contributed by atoms with Gasteiger partial charge in [-0.05, 0) is 36.6 Å². The Kier molecular flexibility index (Phi) is 5.66. The number of anilines is 2. The molecule has 4 N–H and O–H groups in total. The number of ether oxygens (including phenoxy) is 1. The molecule has 11 heteroatoms. The van der Waals surface area contributed by atoms with Gasteiger partial charge in [-0.3, -0.25) is 9.48 Å². The van der Waals surface area contributed by atoms with Gasteiger partial charge in [-0.25, -0.2) is 0 Å². The van der Waals surface area contributed by atoms with Crippen molar-refractivity contribution in [2.75, 3.05) is 18.5 Å². The molecule has 3 heterocycles. The van der Waals surface area contributed by atoms with Crippen LogP contribution in [0.25, 0.3) is 10.9 Å². The zero-order valence-corrected chi connectivity index (χ0v) is 16.9.